The molecule has 7 heteroatoms. The van der Waals surface area contributed by atoms with Crippen LogP contribution in [0, 0.1) is 11.3 Å². The van der Waals surface area contributed by atoms with E-state index in [4.69, 9.17) is 5.73 Å². The van der Waals surface area contributed by atoms with Gasteiger partial charge in [-0.1, -0.05) is 42.5 Å². The highest BCUT2D eigenvalue weighted by molar-refractivity contribution is 7.90. The Kier molecular flexibility index (Phi) is 6.70. The second-order valence-electron chi connectivity index (χ2n) is 9.46. The summed E-state index contributed by atoms with van der Waals surface area (Å²) in [6.07, 6.45) is 7.22. The quantitative estimate of drug-likeness (QED) is 0.666. The van der Waals surface area contributed by atoms with Crippen molar-refractivity contribution in [2.45, 2.75) is 56.0 Å². The molecule has 1 atom stereocenters. The fourth-order valence-electron chi connectivity index (χ4n) is 5.02. The molecule has 2 aromatic carbocycles. The minimum Gasteiger partial charge on any atom is -0.324 e. The summed E-state index contributed by atoms with van der Waals surface area (Å²) in [6, 6.07) is 17.1. The first-order valence-corrected chi connectivity index (χ1v) is 13.3. The van der Waals surface area contributed by atoms with Crippen LogP contribution in [0.4, 0.5) is 0 Å². The predicted octanol–water partition coefficient (Wildman–Crippen LogP) is 3.59. The van der Waals surface area contributed by atoms with Crippen molar-refractivity contribution in [2.75, 3.05) is 12.8 Å². The number of carbonyl (C=O) groups excluding carboxylic acids is 1. The van der Waals surface area contributed by atoms with Crippen molar-refractivity contribution in [3.63, 3.8) is 0 Å². The Hall–Kier alpha value is -2.22. The third kappa shape index (κ3) is 5.05. The van der Waals surface area contributed by atoms with Gasteiger partial charge < -0.3 is 5.73 Å². The summed E-state index contributed by atoms with van der Waals surface area (Å²) >= 11 is 0. The molecule has 4 rings (SSSR count). The number of nitrogens with one attached hydrogen (secondary N) is 1. The molecule has 1 heterocycles. The summed E-state index contributed by atoms with van der Waals surface area (Å²) in [5, 5.41) is 1.71. The van der Waals surface area contributed by atoms with Crippen LogP contribution in [-0.2, 0) is 21.2 Å². The Labute approximate surface area is 191 Å². The van der Waals surface area contributed by atoms with Gasteiger partial charge >= 0.3 is 0 Å². The van der Waals surface area contributed by atoms with E-state index in [2.05, 4.69) is 17.6 Å². The Bertz CT molecular complexity index is 1030. The van der Waals surface area contributed by atoms with Crippen LogP contribution >= 0.6 is 0 Å². The van der Waals surface area contributed by atoms with E-state index < -0.39 is 9.84 Å². The minimum absolute atomic E-state index is 0.0754. The van der Waals surface area contributed by atoms with Gasteiger partial charge in [-0.2, -0.15) is 0 Å². The third-order valence-electron chi connectivity index (χ3n) is 7.18. The van der Waals surface area contributed by atoms with Crippen LogP contribution in [0.1, 0.15) is 55.7 Å². The molecule has 2 aliphatic rings. The zero-order chi connectivity index (χ0) is 22.8. The number of sulfone groups is 1. The molecule has 2 aromatic rings. The van der Waals surface area contributed by atoms with Crippen LogP contribution in [-0.4, -0.2) is 32.1 Å². The summed E-state index contributed by atoms with van der Waals surface area (Å²) in [6.45, 7) is 1.13. The van der Waals surface area contributed by atoms with Gasteiger partial charge in [-0.05, 0) is 67.7 Å². The Morgan fingerprint density at radius 2 is 1.75 bits per heavy atom. The lowest BCUT2D eigenvalue weighted by atomic mass is 9.69. The number of nitrogens with zero attached hydrogens (tertiary/aromatic N) is 1. The molecule has 6 nitrogen and oxygen atoms in total. The number of rotatable bonds is 7. The number of hydrogen-bond donors (Lipinski definition) is 2. The highest BCUT2D eigenvalue weighted by Crippen LogP contribution is 2.44. The number of nitrogens with two attached hydrogens (primary N) is 1. The maximum atomic E-state index is 13.2. The zero-order valence-electron chi connectivity index (χ0n) is 18.7. The topological polar surface area (TPSA) is 92.5 Å². The predicted molar refractivity (Wildman–Crippen MR) is 125 cm³/mol. The standard InChI is InChI=1S/C25H33N3O3S/c1-32(30,31)22-10-7-20(8-11-22)17-28-24(29)25(18-27-28)15-13-19(14-16-25)9-12-23(26)21-5-3-2-4-6-21/h2-8,10-11,19,23,27H,9,12-18,26H2,1H3. The van der Waals surface area contributed by atoms with Gasteiger partial charge in [-0.15, -0.1) is 0 Å². The Balaban J connectivity index is 1.28. The molecule has 172 valence electrons. The summed E-state index contributed by atoms with van der Waals surface area (Å²) in [7, 11) is -3.22. The van der Waals surface area contributed by atoms with E-state index >= 15 is 0 Å². The second-order valence-corrected chi connectivity index (χ2v) is 11.5. The van der Waals surface area contributed by atoms with Crippen molar-refractivity contribution in [1.82, 2.24) is 10.4 Å². The van der Waals surface area contributed by atoms with Crippen molar-refractivity contribution in [3.8, 4) is 0 Å². The first-order chi connectivity index (χ1) is 15.3. The van der Waals surface area contributed by atoms with Gasteiger partial charge in [0.15, 0.2) is 9.84 Å². The molecule has 2 fully saturated rings. The van der Waals surface area contributed by atoms with Crippen molar-refractivity contribution in [2.24, 2.45) is 17.1 Å². The van der Waals surface area contributed by atoms with Gasteiger partial charge in [0.2, 0.25) is 5.91 Å². The summed E-state index contributed by atoms with van der Waals surface area (Å²) in [5.41, 5.74) is 11.5. The number of benzene rings is 2. The molecule has 0 bridgehead atoms. The average molecular weight is 456 g/mol. The Morgan fingerprint density at radius 3 is 2.38 bits per heavy atom. The molecule has 32 heavy (non-hydrogen) atoms. The lowest BCUT2D eigenvalue weighted by Gasteiger charge is -2.35. The van der Waals surface area contributed by atoms with Gasteiger partial charge in [0, 0.05) is 18.8 Å². The van der Waals surface area contributed by atoms with E-state index in [1.165, 1.54) is 11.8 Å². The highest BCUT2D eigenvalue weighted by atomic mass is 32.2. The molecule has 1 saturated carbocycles. The molecule has 1 aliphatic heterocycles. The van der Waals surface area contributed by atoms with Crippen LogP contribution < -0.4 is 11.2 Å². The average Bonchev–Trinajstić information content (AvgIpc) is 3.08. The molecule has 1 amide bonds. The van der Waals surface area contributed by atoms with Gasteiger partial charge in [0.1, 0.15) is 0 Å². The summed E-state index contributed by atoms with van der Waals surface area (Å²) in [4.78, 5) is 13.5. The zero-order valence-corrected chi connectivity index (χ0v) is 19.5. The van der Waals surface area contributed by atoms with Gasteiger partial charge in [0.25, 0.3) is 0 Å². The van der Waals surface area contributed by atoms with Gasteiger partial charge in [-0.3, -0.25) is 9.80 Å². The van der Waals surface area contributed by atoms with Crippen LogP contribution in [0.5, 0.6) is 0 Å². The number of carbonyl (C=O) groups is 1. The van der Waals surface area contributed by atoms with Crippen LogP contribution in [0.25, 0.3) is 0 Å². The number of amides is 1. The SMILES string of the molecule is CS(=O)(=O)c1ccc(CN2NCC3(CCC(CCC(N)c4ccccc4)CC3)C2=O)cc1. The van der Waals surface area contributed by atoms with Gasteiger partial charge in [-0.25, -0.2) is 13.8 Å². The van der Waals surface area contributed by atoms with E-state index in [-0.39, 0.29) is 17.4 Å². The molecule has 0 aromatic heterocycles. The fraction of sp³-hybridized carbons (Fsp3) is 0.480. The van der Waals surface area contributed by atoms with Crippen molar-refractivity contribution < 1.29 is 13.2 Å². The normalized spacial score (nSPS) is 24.8. The molecular formula is C25H33N3O3S. The molecule has 3 N–H and O–H groups in total. The van der Waals surface area contributed by atoms with Crippen LogP contribution in [0.15, 0.2) is 59.5 Å². The maximum Gasteiger partial charge on any atom is 0.244 e. The maximum absolute atomic E-state index is 13.2. The third-order valence-corrected chi connectivity index (χ3v) is 8.30. The smallest absolute Gasteiger partial charge is 0.244 e. The first-order valence-electron chi connectivity index (χ1n) is 11.4. The summed E-state index contributed by atoms with van der Waals surface area (Å²) in [5.74, 6) is 0.796. The highest BCUT2D eigenvalue weighted by Gasteiger charge is 2.48. The minimum atomic E-state index is -3.22. The van der Waals surface area contributed by atoms with Crippen molar-refractivity contribution >= 4 is 15.7 Å². The number of hydrazine groups is 1. The lowest BCUT2D eigenvalue weighted by molar-refractivity contribution is -0.139. The molecule has 1 unspecified atom stereocenters. The van der Waals surface area contributed by atoms with Crippen LogP contribution in [0.2, 0.25) is 0 Å². The van der Waals surface area contributed by atoms with E-state index in [0.29, 0.717) is 23.9 Å². The largest absolute Gasteiger partial charge is 0.324 e. The molecule has 0 radical (unpaired) electrons. The lowest BCUT2D eigenvalue weighted by Crippen LogP contribution is -2.39. The fourth-order valence-corrected chi connectivity index (χ4v) is 5.65. The molecular weight excluding hydrogens is 422 g/mol. The Morgan fingerprint density at radius 1 is 1.09 bits per heavy atom. The van der Waals surface area contributed by atoms with Gasteiger partial charge in [0.05, 0.1) is 16.9 Å². The van der Waals surface area contributed by atoms with Crippen LogP contribution in [0.3, 0.4) is 0 Å². The first kappa shape index (κ1) is 23.0. The summed E-state index contributed by atoms with van der Waals surface area (Å²) < 4.78 is 23.3. The van der Waals surface area contributed by atoms with E-state index in [0.717, 1.165) is 44.1 Å². The monoisotopic (exact) mass is 455 g/mol. The van der Waals surface area contributed by atoms with E-state index in [9.17, 15) is 13.2 Å². The second kappa shape index (κ2) is 9.33. The number of hydrogen-bond acceptors (Lipinski definition) is 5. The molecule has 1 saturated heterocycles. The van der Waals surface area contributed by atoms with E-state index in [1.54, 1.807) is 29.3 Å². The van der Waals surface area contributed by atoms with Crippen molar-refractivity contribution in [3.05, 3.63) is 65.7 Å². The van der Waals surface area contributed by atoms with Crippen molar-refractivity contribution in [1.29, 1.82) is 0 Å². The van der Waals surface area contributed by atoms with E-state index in [1.807, 2.05) is 18.2 Å². The molecule has 1 spiro atoms. The molecule has 1 aliphatic carbocycles.